The van der Waals surface area contributed by atoms with Crippen molar-refractivity contribution in [3.63, 3.8) is 0 Å². The first-order chi connectivity index (χ1) is 15.6. The number of fused-ring (bicyclic) bond motifs is 2. The van der Waals surface area contributed by atoms with Gasteiger partial charge in [-0.3, -0.25) is 4.90 Å². The van der Waals surface area contributed by atoms with Crippen LogP contribution in [0.15, 0.2) is 54.7 Å². The van der Waals surface area contributed by atoms with Crippen molar-refractivity contribution in [2.24, 2.45) is 0 Å². The third kappa shape index (κ3) is 4.32. The Labute approximate surface area is 191 Å². The van der Waals surface area contributed by atoms with E-state index in [1.807, 2.05) is 31.2 Å². The fourth-order valence-corrected chi connectivity index (χ4v) is 4.42. The Hall–Kier alpha value is -3.00. The van der Waals surface area contributed by atoms with E-state index < -0.39 is 6.10 Å². The molecule has 0 saturated heterocycles. The molecule has 8 heteroatoms. The predicted molar refractivity (Wildman–Crippen MR) is 126 cm³/mol. The number of halogens is 1. The minimum Gasteiger partial charge on any atom is -0.390 e. The Morgan fingerprint density at radius 1 is 1.12 bits per heavy atom. The van der Waals surface area contributed by atoms with Gasteiger partial charge in [-0.2, -0.15) is 5.10 Å². The highest BCUT2D eigenvalue weighted by atomic mass is 35.5. The molecule has 3 heterocycles. The number of aromatic nitrogens is 4. The molecule has 4 aromatic rings. The highest BCUT2D eigenvalue weighted by Crippen LogP contribution is 2.24. The first-order valence-electron chi connectivity index (χ1n) is 10.8. The molecule has 32 heavy (non-hydrogen) atoms. The highest BCUT2D eigenvalue weighted by molar-refractivity contribution is 6.30. The van der Waals surface area contributed by atoms with Crippen LogP contribution in [0, 0.1) is 6.92 Å². The van der Waals surface area contributed by atoms with Gasteiger partial charge < -0.3 is 10.4 Å². The summed E-state index contributed by atoms with van der Waals surface area (Å²) in [5.74, 6) is 1.30. The van der Waals surface area contributed by atoms with E-state index in [0.717, 1.165) is 30.6 Å². The number of hydrogen-bond acceptors (Lipinski definition) is 6. The molecule has 0 amide bonds. The van der Waals surface area contributed by atoms with E-state index in [9.17, 15) is 5.11 Å². The van der Waals surface area contributed by atoms with Crippen molar-refractivity contribution in [2.75, 3.05) is 25.0 Å². The lowest BCUT2D eigenvalue weighted by atomic mass is 10.00. The van der Waals surface area contributed by atoms with Gasteiger partial charge in [0.05, 0.1) is 23.4 Å². The Kier molecular flexibility index (Phi) is 5.78. The molecule has 7 nitrogen and oxygen atoms in total. The van der Waals surface area contributed by atoms with E-state index in [-0.39, 0.29) is 0 Å². The maximum absolute atomic E-state index is 10.7. The van der Waals surface area contributed by atoms with Gasteiger partial charge in [-0.25, -0.2) is 14.6 Å². The number of anilines is 1. The van der Waals surface area contributed by atoms with E-state index in [0.29, 0.717) is 35.4 Å². The number of aliphatic hydroxyl groups excluding tert-OH is 1. The van der Waals surface area contributed by atoms with Gasteiger partial charge in [0.1, 0.15) is 11.6 Å². The van der Waals surface area contributed by atoms with Crippen molar-refractivity contribution in [2.45, 2.75) is 26.0 Å². The van der Waals surface area contributed by atoms with Gasteiger partial charge in [0.15, 0.2) is 5.65 Å². The van der Waals surface area contributed by atoms with E-state index in [1.165, 1.54) is 11.1 Å². The van der Waals surface area contributed by atoms with Gasteiger partial charge in [-0.15, -0.1) is 0 Å². The first-order valence-corrected chi connectivity index (χ1v) is 11.1. The molecule has 1 aliphatic heterocycles. The number of aryl methyl sites for hydroxylation is 1. The lowest BCUT2D eigenvalue weighted by Crippen LogP contribution is -2.39. The van der Waals surface area contributed by atoms with Crippen molar-refractivity contribution in [3.8, 4) is 5.69 Å². The first kappa shape index (κ1) is 20.9. The van der Waals surface area contributed by atoms with Crippen LogP contribution in [0.5, 0.6) is 0 Å². The highest BCUT2D eigenvalue weighted by Gasteiger charge is 2.19. The molecule has 0 fully saturated rings. The SMILES string of the molecule is Cc1nc(NCC(O)CN2CCc3ccccc3C2)c2cnn(-c3cccc(Cl)c3)c2n1. The van der Waals surface area contributed by atoms with Crippen LogP contribution in [0.25, 0.3) is 16.7 Å². The van der Waals surface area contributed by atoms with Crippen molar-refractivity contribution in [3.05, 3.63) is 76.7 Å². The maximum atomic E-state index is 10.7. The Balaban J connectivity index is 1.29. The van der Waals surface area contributed by atoms with E-state index in [4.69, 9.17) is 11.6 Å². The topological polar surface area (TPSA) is 79.1 Å². The van der Waals surface area contributed by atoms with Crippen molar-refractivity contribution < 1.29 is 5.11 Å². The monoisotopic (exact) mass is 448 g/mol. The molecule has 0 saturated carbocycles. The van der Waals surface area contributed by atoms with Gasteiger partial charge >= 0.3 is 0 Å². The van der Waals surface area contributed by atoms with E-state index >= 15 is 0 Å². The van der Waals surface area contributed by atoms with Gasteiger partial charge in [0, 0.05) is 31.2 Å². The summed E-state index contributed by atoms with van der Waals surface area (Å²) < 4.78 is 1.75. The molecular formula is C24H25ClN6O. The number of β-amino-alcohol motifs (C(OH)–C–C–N with tert-alkyl or cyclic N) is 1. The normalized spacial score (nSPS) is 15.0. The number of nitrogens with one attached hydrogen (secondary N) is 1. The second-order valence-electron chi connectivity index (χ2n) is 8.18. The molecule has 164 valence electrons. The maximum Gasteiger partial charge on any atom is 0.168 e. The molecule has 2 aromatic carbocycles. The molecule has 2 aromatic heterocycles. The molecule has 0 spiro atoms. The summed E-state index contributed by atoms with van der Waals surface area (Å²) in [4.78, 5) is 11.4. The summed E-state index contributed by atoms with van der Waals surface area (Å²) in [5.41, 5.74) is 4.29. The zero-order chi connectivity index (χ0) is 22.1. The number of hydrogen-bond donors (Lipinski definition) is 2. The van der Waals surface area contributed by atoms with Gasteiger partial charge in [-0.05, 0) is 42.7 Å². The van der Waals surface area contributed by atoms with E-state index in [1.54, 1.807) is 10.9 Å². The zero-order valence-corrected chi connectivity index (χ0v) is 18.6. The van der Waals surface area contributed by atoms with Crippen LogP contribution in [0.3, 0.4) is 0 Å². The molecule has 1 aliphatic rings. The van der Waals surface area contributed by atoms with Crippen LogP contribution < -0.4 is 5.32 Å². The third-order valence-corrected chi connectivity index (χ3v) is 6.01. The lowest BCUT2D eigenvalue weighted by molar-refractivity contribution is 0.114. The number of rotatable bonds is 6. The summed E-state index contributed by atoms with van der Waals surface area (Å²) in [5, 5.41) is 19.9. The molecular weight excluding hydrogens is 424 g/mol. The second-order valence-corrected chi connectivity index (χ2v) is 8.62. The summed E-state index contributed by atoms with van der Waals surface area (Å²) in [6, 6.07) is 16.0. The largest absolute Gasteiger partial charge is 0.390 e. The Bertz CT molecular complexity index is 1260. The standard InChI is InChI=1S/C24H25ClN6O/c1-16-28-23(22-13-27-31(24(22)29-16)20-8-4-7-19(25)11-20)26-12-21(32)15-30-10-9-17-5-2-3-6-18(17)14-30/h2-8,11,13,21,32H,9-10,12,14-15H2,1H3,(H,26,28,29). The molecule has 5 rings (SSSR count). The van der Waals surface area contributed by atoms with E-state index in [2.05, 4.69) is 49.5 Å². The quantitative estimate of drug-likeness (QED) is 0.469. The minimum atomic E-state index is -0.520. The number of aliphatic hydroxyl groups is 1. The smallest absolute Gasteiger partial charge is 0.168 e. The predicted octanol–water partition coefficient (Wildman–Crippen LogP) is 3.61. The molecule has 0 aliphatic carbocycles. The molecule has 1 atom stereocenters. The molecule has 0 radical (unpaired) electrons. The number of nitrogens with zero attached hydrogens (tertiary/aromatic N) is 5. The van der Waals surface area contributed by atoms with Crippen molar-refractivity contribution in [1.29, 1.82) is 0 Å². The van der Waals surface area contributed by atoms with Crippen LogP contribution in [-0.4, -0.2) is 55.5 Å². The average molecular weight is 449 g/mol. The number of benzene rings is 2. The van der Waals surface area contributed by atoms with Crippen LogP contribution in [0.1, 0.15) is 17.0 Å². The molecule has 1 unspecified atom stereocenters. The Morgan fingerprint density at radius 3 is 2.81 bits per heavy atom. The van der Waals surface area contributed by atoms with Gasteiger partial charge in [-0.1, -0.05) is 41.9 Å². The fraction of sp³-hybridized carbons (Fsp3) is 0.292. The molecule has 0 bridgehead atoms. The lowest BCUT2D eigenvalue weighted by Gasteiger charge is -2.30. The van der Waals surface area contributed by atoms with Crippen LogP contribution in [0.2, 0.25) is 5.02 Å². The average Bonchev–Trinajstić information content (AvgIpc) is 3.21. The minimum absolute atomic E-state index is 0.395. The van der Waals surface area contributed by atoms with Crippen molar-refractivity contribution >= 4 is 28.5 Å². The zero-order valence-electron chi connectivity index (χ0n) is 17.9. The van der Waals surface area contributed by atoms with Crippen molar-refractivity contribution in [1.82, 2.24) is 24.6 Å². The third-order valence-electron chi connectivity index (χ3n) is 5.78. The summed E-state index contributed by atoms with van der Waals surface area (Å²) in [6.07, 6.45) is 2.24. The summed E-state index contributed by atoms with van der Waals surface area (Å²) >= 11 is 6.15. The Morgan fingerprint density at radius 2 is 1.97 bits per heavy atom. The fourth-order valence-electron chi connectivity index (χ4n) is 4.24. The summed E-state index contributed by atoms with van der Waals surface area (Å²) in [6.45, 7) is 4.68. The van der Waals surface area contributed by atoms with Crippen LogP contribution in [0.4, 0.5) is 5.82 Å². The van der Waals surface area contributed by atoms with Gasteiger partial charge in [0.2, 0.25) is 0 Å². The summed E-state index contributed by atoms with van der Waals surface area (Å²) in [7, 11) is 0. The molecule has 2 N–H and O–H groups in total. The second kappa shape index (κ2) is 8.86. The van der Waals surface area contributed by atoms with Crippen LogP contribution >= 0.6 is 11.6 Å². The van der Waals surface area contributed by atoms with Crippen LogP contribution in [-0.2, 0) is 13.0 Å². The van der Waals surface area contributed by atoms with Gasteiger partial charge in [0.25, 0.3) is 0 Å².